The van der Waals surface area contributed by atoms with Gasteiger partial charge >= 0.3 is 0 Å². The highest BCUT2D eigenvalue weighted by Crippen LogP contribution is 2.25. The van der Waals surface area contributed by atoms with E-state index in [0.717, 1.165) is 27.0 Å². The van der Waals surface area contributed by atoms with Crippen LogP contribution in [0.3, 0.4) is 0 Å². The lowest BCUT2D eigenvalue weighted by molar-refractivity contribution is 0.854. The maximum absolute atomic E-state index is 5.91. The van der Waals surface area contributed by atoms with Gasteiger partial charge in [-0.1, -0.05) is 54.0 Å². The number of benzene rings is 2. The van der Waals surface area contributed by atoms with Crippen LogP contribution in [0.25, 0.3) is 16.9 Å². The summed E-state index contributed by atoms with van der Waals surface area (Å²) in [7, 11) is 0. The van der Waals surface area contributed by atoms with Crippen molar-refractivity contribution in [3.8, 4) is 16.9 Å². The number of hydrogen-bond donors (Lipinski definition) is 1. The second-order valence-electron chi connectivity index (χ2n) is 5.90. The summed E-state index contributed by atoms with van der Waals surface area (Å²) in [6.07, 6.45) is 2.02. The standard InChI is InChI=1S/C19H20BrN3/c1-13(2)14-5-9-18(10-6-14)23-12-16(11-21)19(22-23)15-3-7-17(20)8-4-15/h3-10,12-13H,11,21H2,1-2H3. The summed E-state index contributed by atoms with van der Waals surface area (Å²) in [6, 6.07) is 16.7. The van der Waals surface area contributed by atoms with Crippen molar-refractivity contribution in [2.75, 3.05) is 0 Å². The smallest absolute Gasteiger partial charge is 0.0972 e. The van der Waals surface area contributed by atoms with E-state index >= 15 is 0 Å². The molecule has 3 rings (SSSR count). The number of halogens is 1. The minimum Gasteiger partial charge on any atom is -0.326 e. The van der Waals surface area contributed by atoms with Crippen LogP contribution >= 0.6 is 15.9 Å². The van der Waals surface area contributed by atoms with Gasteiger partial charge in [0.25, 0.3) is 0 Å². The van der Waals surface area contributed by atoms with E-state index in [9.17, 15) is 0 Å². The molecule has 3 aromatic rings. The van der Waals surface area contributed by atoms with Gasteiger partial charge in [-0.3, -0.25) is 0 Å². The maximum Gasteiger partial charge on any atom is 0.0972 e. The molecular formula is C19H20BrN3. The predicted molar refractivity (Wildman–Crippen MR) is 98.7 cm³/mol. The van der Waals surface area contributed by atoms with Gasteiger partial charge in [-0.25, -0.2) is 4.68 Å². The van der Waals surface area contributed by atoms with Crippen LogP contribution in [0.1, 0.15) is 30.9 Å². The zero-order valence-corrected chi connectivity index (χ0v) is 14.9. The highest BCUT2D eigenvalue weighted by molar-refractivity contribution is 9.10. The van der Waals surface area contributed by atoms with Crippen molar-refractivity contribution in [3.05, 3.63) is 70.3 Å². The SMILES string of the molecule is CC(C)c1ccc(-n2cc(CN)c(-c3ccc(Br)cc3)n2)cc1. The van der Waals surface area contributed by atoms with Crippen LogP contribution in [0.2, 0.25) is 0 Å². The fraction of sp³-hybridized carbons (Fsp3) is 0.211. The van der Waals surface area contributed by atoms with Crippen LogP contribution in [0.15, 0.2) is 59.2 Å². The molecule has 0 aliphatic carbocycles. The Morgan fingerprint density at radius 3 is 2.26 bits per heavy atom. The molecule has 3 nitrogen and oxygen atoms in total. The average molecular weight is 370 g/mol. The van der Waals surface area contributed by atoms with E-state index in [4.69, 9.17) is 10.8 Å². The first-order valence-corrected chi connectivity index (χ1v) is 8.52. The summed E-state index contributed by atoms with van der Waals surface area (Å²) in [4.78, 5) is 0. The highest BCUT2D eigenvalue weighted by atomic mass is 79.9. The first-order chi connectivity index (χ1) is 11.1. The quantitative estimate of drug-likeness (QED) is 0.711. The minimum absolute atomic E-state index is 0.468. The molecule has 0 aliphatic rings. The molecule has 0 radical (unpaired) electrons. The molecule has 2 N–H and O–H groups in total. The van der Waals surface area contributed by atoms with E-state index in [1.807, 2.05) is 23.0 Å². The predicted octanol–water partition coefficient (Wildman–Crippen LogP) is 4.88. The third-order valence-electron chi connectivity index (χ3n) is 3.95. The third-order valence-corrected chi connectivity index (χ3v) is 4.48. The van der Waals surface area contributed by atoms with Crippen LogP contribution in [0, 0.1) is 0 Å². The summed E-state index contributed by atoms with van der Waals surface area (Å²) in [5, 5.41) is 4.75. The van der Waals surface area contributed by atoms with Gasteiger partial charge in [0.15, 0.2) is 0 Å². The lowest BCUT2D eigenvalue weighted by atomic mass is 10.0. The Hall–Kier alpha value is -1.91. The fourth-order valence-corrected chi connectivity index (χ4v) is 2.82. The summed E-state index contributed by atoms with van der Waals surface area (Å²) in [5.41, 5.74) is 11.3. The number of nitrogens with zero attached hydrogens (tertiary/aromatic N) is 2. The summed E-state index contributed by atoms with van der Waals surface area (Å²) in [6.45, 7) is 4.86. The molecule has 0 bridgehead atoms. The molecule has 0 spiro atoms. The minimum atomic E-state index is 0.468. The molecule has 1 heterocycles. The molecule has 0 atom stereocenters. The molecule has 0 unspecified atom stereocenters. The Labute approximate surface area is 145 Å². The van der Waals surface area contributed by atoms with Crippen molar-refractivity contribution in [1.29, 1.82) is 0 Å². The van der Waals surface area contributed by atoms with Gasteiger partial charge in [0.05, 0.1) is 11.4 Å². The number of hydrogen-bond acceptors (Lipinski definition) is 2. The number of rotatable bonds is 4. The second kappa shape index (κ2) is 6.69. The zero-order chi connectivity index (χ0) is 16.4. The van der Waals surface area contributed by atoms with E-state index in [0.29, 0.717) is 12.5 Å². The first-order valence-electron chi connectivity index (χ1n) is 7.73. The third kappa shape index (κ3) is 3.38. The van der Waals surface area contributed by atoms with Crippen LogP contribution < -0.4 is 5.73 Å². The van der Waals surface area contributed by atoms with E-state index in [2.05, 4.69) is 66.2 Å². The van der Waals surface area contributed by atoms with Crippen molar-refractivity contribution in [2.24, 2.45) is 5.73 Å². The Morgan fingerprint density at radius 2 is 1.70 bits per heavy atom. The van der Waals surface area contributed by atoms with E-state index in [1.54, 1.807) is 0 Å². The Balaban J connectivity index is 1.99. The molecule has 0 aliphatic heterocycles. The molecule has 0 saturated heterocycles. The Kier molecular flexibility index (Phi) is 4.64. The number of nitrogens with two attached hydrogens (primary N) is 1. The summed E-state index contributed by atoms with van der Waals surface area (Å²) in [5.74, 6) is 0.527. The van der Waals surface area contributed by atoms with Crippen LogP contribution in [0.5, 0.6) is 0 Å². The van der Waals surface area contributed by atoms with E-state index < -0.39 is 0 Å². The van der Waals surface area contributed by atoms with Gasteiger partial charge in [0.1, 0.15) is 0 Å². The second-order valence-corrected chi connectivity index (χ2v) is 6.82. The molecule has 0 fully saturated rings. The molecule has 118 valence electrons. The van der Waals surface area contributed by atoms with Gasteiger partial charge in [-0.15, -0.1) is 0 Å². The molecule has 2 aromatic carbocycles. The van der Waals surface area contributed by atoms with Gasteiger partial charge in [0.2, 0.25) is 0 Å². The fourth-order valence-electron chi connectivity index (χ4n) is 2.55. The molecule has 1 aromatic heterocycles. The Bertz CT molecular complexity index is 786. The summed E-state index contributed by atoms with van der Waals surface area (Å²) < 4.78 is 2.96. The normalized spacial score (nSPS) is 11.2. The average Bonchev–Trinajstić information content (AvgIpc) is 3.00. The molecule has 0 saturated carbocycles. The van der Waals surface area contributed by atoms with Gasteiger partial charge in [0, 0.05) is 28.3 Å². The monoisotopic (exact) mass is 369 g/mol. The van der Waals surface area contributed by atoms with Crippen molar-refractivity contribution in [3.63, 3.8) is 0 Å². The van der Waals surface area contributed by atoms with Crippen molar-refractivity contribution < 1.29 is 0 Å². The molecule has 4 heteroatoms. The molecule has 0 amide bonds. The largest absolute Gasteiger partial charge is 0.326 e. The van der Waals surface area contributed by atoms with Gasteiger partial charge < -0.3 is 5.73 Å². The van der Waals surface area contributed by atoms with Crippen LogP contribution in [-0.4, -0.2) is 9.78 Å². The Morgan fingerprint density at radius 1 is 1.04 bits per heavy atom. The van der Waals surface area contributed by atoms with Gasteiger partial charge in [-0.2, -0.15) is 5.10 Å². The van der Waals surface area contributed by atoms with Crippen LogP contribution in [-0.2, 0) is 6.54 Å². The van der Waals surface area contributed by atoms with Crippen molar-refractivity contribution in [2.45, 2.75) is 26.3 Å². The van der Waals surface area contributed by atoms with E-state index in [1.165, 1.54) is 5.56 Å². The first kappa shape index (κ1) is 16.0. The van der Waals surface area contributed by atoms with Gasteiger partial charge in [-0.05, 0) is 35.7 Å². The number of aromatic nitrogens is 2. The maximum atomic E-state index is 5.91. The van der Waals surface area contributed by atoms with Crippen molar-refractivity contribution in [1.82, 2.24) is 9.78 Å². The van der Waals surface area contributed by atoms with Crippen molar-refractivity contribution >= 4 is 15.9 Å². The lowest BCUT2D eigenvalue weighted by Crippen LogP contribution is -1.96. The highest BCUT2D eigenvalue weighted by Gasteiger charge is 2.11. The lowest BCUT2D eigenvalue weighted by Gasteiger charge is -2.06. The van der Waals surface area contributed by atoms with Crippen LogP contribution in [0.4, 0.5) is 0 Å². The topological polar surface area (TPSA) is 43.8 Å². The molecular weight excluding hydrogens is 350 g/mol. The molecule has 23 heavy (non-hydrogen) atoms. The zero-order valence-electron chi connectivity index (χ0n) is 13.3. The van der Waals surface area contributed by atoms with E-state index in [-0.39, 0.29) is 0 Å². The summed E-state index contributed by atoms with van der Waals surface area (Å²) >= 11 is 3.46.